The summed E-state index contributed by atoms with van der Waals surface area (Å²) in [6.45, 7) is 5.91. The molecule has 0 aliphatic carbocycles. The summed E-state index contributed by atoms with van der Waals surface area (Å²) in [7, 11) is 0. The summed E-state index contributed by atoms with van der Waals surface area (Å²) < 4.78 is 7.31. The molecule has 1 aromatic heterocycles. The van der Waals surface area contributed by atoms with E-state index < -0.39 is 0 Å². The lowest BCUT2D eigenvalue weighted by Crippen LogP contribution is -2.25. The summed E-state index contributed by atoms with van der Waals surface area (Å²) in [5.74, 6) is 1.41. The van der Waals surface area contributed by atoms with E-state index in [9.17, 15) is 0 Å². The summed E-state index contributed by atoms with van der Waals surface area (Å²) in [4.78, 5) is 0. The molecule has 1 aliphatic rings. The van der Waals surface area contributed by atoms with Gasteiger partial charge < -0.3 is 10.5 Å². The molecule has 0 amide bonds. The third kappa shape index (κ3) is 2.15. The molecular weight excluding hydrogens is 190 g/mol. The molecule has 1 aliphatic heterocycles. The maximum Gasteiger partial charge on any atom is 0.122 e. The van der Waals surface area contributed by atoms with Crippen LogP contribution in [0.5, 0.6) is 0 Å². The second-order valence-electron chi connectivity index (χ2n) is 4.35. The average molecular weight is 209 g/mol. The molecule has 15 heavy (non-hydrogen) atoms. The lowest BCUT2D eigenvalue weighted by atomic mass is 9.93. The average Bonchev–Trinajstić information content (AvgIpc) is 2.58. The van der Waals surface area contributed by atoms with Crippen molar-refractivity contribution in [3.63, 3.8) is 0 Å². The number of nitrogens with two attached hydrogens (primary N) is 1. The Hall–Kier alpha value is -1.03. The quantitative estimate of drug-likeness (QED) is 0.807. The van der Waals surface area contributed by atoms with Crippen molar-refractivity contribution >= 4 is 5.82 Å². The Balaban J connectivity index is 2.12. The normalized spacial score (nSPS) is 20.4. The first-order valence-corrected chi connectivity index (χ1v) is 5.58. The van der Waals surface area contributed by atoms with Crippen molar-refractivity contribution < 1.29 is 4.74 Å². The SMILES string of the molecule is Cc1cc(N)n(C(C)C2CCOCC2)n1. The van der Waals surface area contributed by atoms with Crippen LogP contribution in [0.2, 0.25) is 0 Å². The fourth-order valence-electron chi connectivity index (χ4n) is 2.26. The molecule has 4 nitrogen and oxygen atoms in total. The van der Waals surface area contributed by atoms with E-state index in [1.165, 1.54) is 0 Å². The van der Waals surface area contributed by atoms with E-state index >= 15 is 0 Å². The Kier molecular flexibility index (Phi) is 2.95. The van der Waals surface area contributed by atoms with Crippen molar-refractivity contribution in [1.82, 2.24) is 9.78 Å². The third-order valence-electron chi connectivity index (χ3n) is 3.22. The summed E-state index contributed by atoms with van der Waals surface area (Å²) >= 11 is 0. The van der Waals surface area contributed by atoms with Gasteiger partial charge in [0, 0.05) is 19.3 Å². The first-order chi connectivity index (χ1) is 7.18. The van der Waals surface area contributed by atoms with Crippen molar-refractivity contribution in [3.05, 3.63) is 11.8 Å². The van der Waals surface area contributed by atoms with Gasteiger partial charge in [-0.25, -0.2) is 4.68 Å². The highest BCUT2D eigenvalue weighted by Crippen LogP contribution is 2.28. The topological polar surface area (TPSA) is 53.1 Å². The van der Waals surface area contributed by atoms with E-state index in [1.807, 2.05) is 17.7 Å². The molecule has 84 valence electrons. The highest BCUT2D eigenvalue weighted by Gasteiger charge is 2.23. The molecule has 0 spiro atoms. The molecule has 0 radical (unpaired) electrons. The van der Waals surface area contributed by atoms with Gasteiger partial charge in [0.05, 0.1) is 11.7 Å². The number of hydrogen-bond acceptors (Lipinski definition) is 3. The van der Waals surface area contributed by atoms with E-state index in [2.05, 4.69) is 12.0 Å². The van der Waals surface area contributed by atoms with Crippen molar-refractivity contribution in [1.29, 1.82) is 0 Å². The van der Waals surface area contributed by atoms with Gasteiger partial charge in [0.2, 0.25) is 0 Å². The third-order valence-corrected chi connectivity index (χ3v) is 3.22. The van der Waals surface area contributed by atoms with Gasteiger partial charge >= 0.3 is 0 Å². The molecule has 1 fully saturated rings. The molecule has 1 unspecified atom stereocenters. The van der Waals surface area contributed by atoms with Crippen molar-refractivity contribution in [3.8, 4) is 0 Å². The predicted octanol–water partition coefficient (Wildman–Crippen LogP) is 1.76. The maximum absolute atomic E-state index is 5.92. The number of anilines is 1. The summed E-state index contributed by atoms with van der Waals surface area (Å²) in [5, 5.41) is 4.44. The molecule has 2 rings (SSSR count). The lowest BCUT2D eigenvalue weighted by molar-refractivity contribution is 0.0499. The number of ether oxygens (including phenoxy) is 1. The monoisotopic (exact) mass is 209 g/mol. The zero-order chi connectivity index (χ0) is 10.8. The molecule has 1 aromatic rings. The van der Waals surface area contributed by atoms with Crippen LogP contribution in [-0.2, 0) is 4.74 Å². The van der Waals surface area contributed by atoms with E-state index in [0.29, 0.717) is 12.0 Å². The largest absolute Gasteiger partial charge is 0.384 e. The zero-order valence-corrected chi connectivity index (χ0v) is 9.44. The van der Waals surface area contributed by atoms with Gasteiger partial charge in [-0.2, -0.15) is 5.10 Å². The van der Waals surface area contributed by atoms with E-state index in [-0.39, 0.29) is 0 Å². The molecule has 2 N–H and O–H groups in total. The van der Waals surface area contributed by atoms with Gasteiger partial charge in [-0.05, 0) is 32.6 Å². The van der Waals surface area contributed by atoms with Crippen molar-refractivity contribution in [2.75, 3.05) is 18.9 Å². The number of aromatic nitrogens is 2. The molecule has 0 aromatic carbocycles. The van der Waals surface area contributed by atoms with Gasteiger partial charge in [-0.1, -0.05) is 0 Å². The van der Waals surface area contributed by atoms with E-state index in [4.69, 9.17) is 10.5 Å². The van der Waals surface area contributed by atoms with Crippen molar-refractivity contribution in [2.45, 2.75) is 32.7 Å². The van der Waals surface area contributed by atoms with Crippen LogP contribution in [0.4, 0.5) is 5.82 Å². The number of hydrogen-bond donors (Lipinski definition) is 1. The van der Waals surface area contributed by atoms with Crippen LogP contribution in [0.25, 0.3) is 0 Å². The minimum Gasteiger partial charge on any atom is -0.384 e. The second-order valence-corrected chi connectivity index (χ2v) is 4.35. The van der Waals surface area contributed by atoms with Gasteiger partial charge in [0.1, 0.15) is 5.82 Å². The Labute approximate surface area is 90.4 Å². The van der Waals surface area contributed by atoms with E-state index in [1.54, 1.807) is 0 Å². The van der Waals surface area contributed by atoms with Crippen LogP contribution in [0.3, 0.4) is 0 Å². The van der Waals surface area contributed by atoms with Crippen LogP contribution < -0.4 is 5.73 Å². The van der Waals surface area contributed by atoms with Gasteiger partial charge in [-0.3, -0.25) is 0 Å². The predicted molar refractivity (Wildman–Crippen MR) is 59.6 cm³/mol. The number of nitrogen functional groups attached to an aromatic ring is 1. The number of aryl methyl sites for hydroxylation is 1. The van der Waals surface area contributed by atoms with Crippen LogP contribution in [0, 0.1) is 12.8 Å². The lowest BCUT2D eigenvalue weighted by Gasteiger charge is -2.28. The molecule has 2 heterocycles. The Morgan fingerprint density at radius 3 is 2.73 bits per heavy atom. The van der Waals surface area contributed by atoms with Crippen LogP contribution in [-0.4, -0.2) is 23.0 Å². The molecule has 0 saturated carbocycles. The van der Waals surface area contributed by atoms with E-state index in [0.717, 1.165) is 37.6 Å². The number of rotatable bonds is 2. The minimum absolute atomic E-state index is 0.377. The summed E-state index contributed by atoms with van der Waals surface area (Å²) in [6, 6.07) is 2.30. The molecular formula is C11H19N3O. The van der Waals surface area contributed by atoms with Gasteiger partial charge in [-0.15, -0.1) is 0 Å². The zero-order valence-electron chi connectivity index (χ0n) is 9.44. The first kappa shape index (κ1) is 10.5. The molecule has 1 saturated heterocycles. The fraction of sp³-hybridized carbons (Fsp3) is 0.727. The highest BCUT2D eigenvalue weighted by molar-refractivity contribution is 5.30. The molecule has 0 bridgehead atoms. The molecule has 1 atom stereocenters. The number of nitrogens with zero attached hydrogens (tertiary/aromatic N) is 2. The van der Waals surface area contributed by atoms with Crippen LogP contribution >= 0.6 is 0 Å². The Morgan fingerprint density at radius 1 is 1.53 bits per heavy atom. The van der Waals surface area contributed by atoms with Crippen molar-refractivity contribution in [2.24, 2.45) is 5.92 Å². The summed E-state index contributed by atoms with van der Waals surface area (Å²) in [5.41, 5.74) is 6.91. The van der Waals surface area contributed by atoms with Gasteiger partial charge in [0.15, 0.2) is 0 Å². The van der Waals surface area contributed by atoms with Crippen LogP contribution in [0.1, 0.15) is 31.5 Å². The van der Waals surface area contributed by atoms with Crippen LogP contribution in [0.15, 0.2) is 6.07 Å². The fourth-order valence-corrected chi connectivity index (χ4v) is 2.26. The smallest absolute Gasteiger partial charge is 0.122 e. The highest BCUT2D eigenvalue weighted by atomic mass is 16.5. The molecule has 4 heteroatoms. The Morgan fingerprint density at radius 2 is 2.20 bits per heavy atom. The Bertz CT molecular complexity index is 329. The first-order valence-electron chi connectivity index (χ1n) is 5.58. The standard InChI is InChI=1S/C11H19N3O/c1-8-7-11(12)14(13-8)9(2)10-3-5-15-6-4-10/h7,9-10H,3-6,12H2,1-2H3. The minimum atomic E-state index is 0.377. The van der Waals surface area contributed by atoms with Gasteiger partial charge in [0.25, 0.3) is 0 Å². The second kappa shape index (κ2) is 4.23. The summed E-state index contributed by atoms with van der Waals surface area (Å²) in [6.07, 6.45) is 2.22. The maximum atomic E-state index is 5.92.